The Bertz CT molecular complexity index is 2500. The van der Waals surface area contributed by atoms with Crippen molar-refractivity contribution in [1.82, 2.24) is 122 Å². The Morgan fingerprint density at radius 1 is 0.380 bits per heavy atom. The summed E-state index contributed by atoms with van der Waals surface area (Å²) in [4.78, 5) is 64.3. The maximum Gasteiger partial charge on any atom is 0.219 e. The first kappa shape index (κ1) is 68.7. The van der Waals surface area contributed by atoms with Crippen LogP contribution in [-0.2, 0) is 94.2 Å². The second-order valence-electron chi connectivity index (χ2n) is 17.5. The number of carbonyl (C=O) groups is 6. The molecule has 0 aliphatic carbocycles. The molecule has 79 heavy (non-hydrogen) atoms. The number of amides is 6. The van der Waals surface area contributed by atoms with Crippen molar-refractivity contribution in [3.05, 3.63) is 71.3 Å². The predicted molar refractivity (Wildman–Crippen MR) is 292 cm³/mol. The van der Waals surface area contributed by atoms with Crippen molar-refractivity contribution in [2.45, 2.75) is 193 Å². The minimum Gasteiger partial charge on any atom is -0.356 e. The lowest BCUT2D eigenvalue weighted by Crippen LogP contribution is -2.24. The van der Waals surface area contributed by atoms with Gasteiger partial charge in [-0.2, -0.15) is 0 Å². The minimum atomic E-state index is -0.0712. The quantitative estimate of drug-likeness (QED) is 0.0446. The molecule has 6 N–H and O–H groups in total. The molecule has 0 atom stereocenters. The second-order valence-corrected chi connectivity index (χ2v) is 17.5. The largest absolute Gasteiger partial charge is 0.356 e. The molecule has 0 fully saturated rings. The molecule has 6 heterocycles. The van der Waals surface area contributed by atoms with Crippen molar-refractivity contribution < 1.29 is 28.8 Å². The Labute approximate surface area is 462 Å². The summed E-state index contributed by atoms with van der Waals surface area (Å²) in [6.45, 7) is 26.3. The van der Waals surface area contributed by atoms with Gasteiger partial charge in [0.25, 0.3) is 0 Å². The molecule has 0 unspecified atom stereocenters. The lowest BCUT2D eigenvalue weighted by molar-refractivity contribution is -0.121. The average molecular weight is 1110 g/mol. The summed E-state index contributed by atoms with van der Waals surface area (Å²) in [5, 5.41) is 62.7. The van der Waals surface area contributed by atoms with Gasteiger partial charge in [-0.15, -0.1) is 30.6 Å². The molecule has 0 spiro atoms. The standard InChI is InChI=1S/C12H22N4O.C11H20N4O.2C7H12N4O.2C6H10N4O/c1-3-6-11-10-16(15-14-11)9-5-8-13-12(17)7-4-2;1-3-6-11(16)12-7-5-8-15-9-10(4-2)13-14-15;2*1-3-7-4-11(10-9-7)5-8-6(2)12;2*1-5-3-10(9-8-5)4-7-6(2)11/h10H,3-9H2,1-2H3,(H,13,17);9H,3-8H2,1-2H3,(H,12,16);2*4H,3,5H2,1-2H3,(H,8,12);2*3H,4H2,1-2H3,(H,7,11). The highest BCUT2D eigenvalue weighted by molar-refractivity contribution is 5.76. The number of rotatable bonds is 25. The van der Waals surface area contributed by atoms with Crippen molar-refractivity contribution in [1.29, 1.82) is 0 Å². The number of hydrogen-bond donors (Lipinski definition) is 6. The van der Waals surface area contributed by atoms with Gasteiger partial charge in [-0.05, 0) is 65.2 Å². The van der Waals surface area contributed by atoms with Crippen LogP contribution in [-0.4, -0.2) is 138 Å². The molecule has 30 heteroatoms. The number of aryl methyl sites for hydroxylation is 8. The van der Waals surface area contributed by atoms with E-state index in [1.54, 1.807) is 31.1 Å². The smallest absolute Gasteiger partial charge is 0.219 e. The molecule has 6 rings (SSSR count). The predicted octanol–water partition coefficient (Wildman–Crippen LogP) is 1.91. The van der Waals surface area contributed by atoms with Crippen LogP contribution < -0.4 is 31.9 Å². The first-order valence-electron chi connectivity index (χ1n) is 26.6. The zero-order valence-corrected chi connectivity index (χ0v) is 48.4. The van der Waals surface area contributed by atoms with Crippen LogP contribution in [0.5, 0.6) is 0 Å². The highest BCUT2D eigenvalue weighted by Gasteiger charge is 2.04. The van der Waals surface area contributed by atoms with Crippen LogP contribution in [0.4, 0.5) is 0 Å². The summed E-state index contributed by atoms with van der Waals surface area (Å²) in [5.41, 5.74) is 5.60. The molecule has 0 aliphatic heterocycles. The summed E-state index contributed by atoms with van der Waals surface area (Å²) in [7, 11) is 0. The van der Waals surface area contributed by atoms with Crippen LogP contribution in [0, 0.1) is 13.8 Å². The lowest BCUT2D eigenvalue weighted by Gasteiger charge is -2.03. The average Bonchev–Trinajstić information content (AvgIpc) is 4.30. The van der Waals surface area contributed by atoms with Gasteiger partial charge in [0, 0.05) is 79.1 Å². The monoisotopic (exact) mass is 1110 g/mol. The van der Waals surface area contributed by atoms with E-state index in [-0.39, 0.29) is 35.4 Å². The highest BCUT2D eigenvalue weighted by atomic mass is 16.2. The molecule has 6 aromatic rings. The lowest BCUT2D eigenvalue weighted by atomic mass is 10.3. The van der Waals surface area contributed by atoms with Crippen molar-refractivity contribution in [2.24, 2.45) is 0 Å². The summed E-state index contributed by atoms with van der Waals surface area (Å²) in [6.07, 6.45) is 20.6. The fourth-order valence-electron chi connectivity index (χ4n) is 5.87. The minimum absolute atomic E-state index is 0.0662. The third kappa shape index (κ3) is 35.6. The first-order chi connectivity index (χ1) is 37.8. The molecule has 0 bridgehead atoms. The normalized spacial score (nSPS) is 10.0. The van der Waals surface area contributed by atoms with Gasteiger partial charge in [0.15, 0.2) is 0 Å². The summed E-state index contributed by atoms with van der Waals surface area (Å²) in [6, 6.07) is 0. The third-order valence-corrected chi connectivity index (χ3v) is 9.93. The van der Waals surface area contributed by atoms with Gasteiger partial charge in [-0.25, -0.2) is 18.7 Å². The maximum absolute atomic E-state index is 11.2. The van der Waals surface area contributed by atoms with Crippen LogP contribution >= 0.6 is 0 Å². The summed E-state index contributed by atoms with van der Waals surface area (Å²) < 4.78 is 10.00. The molecular formula is C49H86N24O6. The van der Waals surface area contributed by atoms with Crippen LogP contribution in [0.15, 0.2) is 37.2 Å². The number of nitrogens with one attached hydrogen (secondary N) is 6. The Morgan fingerprint density at radius 3 is 0.949 bits per heavy atom. The number of carbonyl (C=O) groups excluding carboxylic acids is 6. The first-order valence-corrected chi connectivity index (χ1v) is 26.6. The Kier molecular flexibility index (Phi) is 36.3. The van der Waals surface area contributed by atoms with E-state index in [9.17, 15) is 28.8 Å². The van der Waals surface area contributed by atoms with E-state index in [0.29, 0.717) is 52.6 Å². The zero-order valence-electron chi connectivity index (χ0n) is 48.4. The Morgan fingerprint density at radius 2 is 0.671 bits per heavy atom. The molecule has 0 radical (unpaired) electrons. The van der Waals surface area contributed by atoms with E-state index in [2.05, 4.69) is 108 Å². The van der Waals surface area contributed by atoms with Crippen LogP contribution in [0.2, 0.25) is 0 Å². The van der Waals surface area contributed by atoms with Crippen LogP contribution in [0.1, 0.15) is 148 Å². The fourth-order valence-corrected chi connectivity index (χ4v) is 5.87. The van der Waals surface area contributed by atoms with E-state index < -0.39 is 0 Å². The second kappa shape index (κ2) is 41.8. The van der Waals surface area contributed by atoms with Crippen molar-refractivity contribution >= 4 is 35.4 Å². The highest BCUT2D eigenvalue weighted by Crippen LogP contribution is 1.99. The molecule has 0 aromatic carbocycles. The molecular weight excluding hydrogens is 1020 g/mol. The van der Waals surface area contributed by atoms with E-state index in [4.69, 9.17) is 0 Å². The van der Waals surface area contributed by atoms with Gasteiger partial charge < -0.3 is 31.9 Å². The zero-order chi connectivity index (χ0) is 58.8. The summed E-state index contributed by atoms with van der Waals surface area (Å²) in [5.74, 6) is -0.00324. The van der Waals surface area contributed by atoms with Gasteiger partial charge in [-0.3, -0.25) is 38.1 Å². The topological polar surface area (TPSA) is 359 Å². The summed E-state index contributed by atoms with van der Waals surface area (Å²) >= 11 is 0. The van der Waals surface area contributed by atoms with E-state index in [0.717, 1.165) is 105 Å². The molecule has 0 saturated heterocycles. The number of aromatic nitrogens is 18. The molecule has 438 valence electrons. The Balaban J connectivity index is 0.000000478. The van der Waals surface area contributed by atoms with Gasteiger partial charge in [0.2, 0.25) is 35.4 Å². The van der Waals surface area contributed by atoms with Crippen molar-refractivity contribution in [3.63, 3.8) is 0 Å². The molecule has 6 amide bonds. The van der Waals surface area contributed by atoms with E-state index in [1.807, 2.05) is 75.7 Å². The third-order valence-electron chi connectivity index (χ3n) is 9.93. The Hall–Kier alpha value is -8.34. The maximum atomic E-state index is 11.2. The van der Waals surface area contributed by atoms with Crippen LogP contribution in [0.25, 0.3) is 0 Å². The molecule has 6 aromatic heterocycles. The van der Waals surface area contributed by atoms with E-state index in [1.165, 1.54) is 27.7 Å². The van der Waals surface area contributed by atoms with Gasteiger partial charge in [0.1, 0.15) is 26.7 Å². The van der Waals surface area contributed by atoms with Gasteiger partial charge in [0.05, 0.1) is 59.0 Å². The van der Waals surface area contributed by atoms with Crippen molar-refractivity contribution in [2.75, 3.05) is 13.1 Å². The molecule has 0 aliphatic rings. The molecule has 0 saturated carbocycles. The van der Waals surface area contributed by atoms with Gasteiger partial charge >= 0.3 is 0 Å². The van der Waals surface area contributed by atoms with Gasteiger partial charge in [-0.1, -0.05) is 79.2 Å². The van der Waals surface area contributed by atoms with Crippen LogP contribution in [0.3, 0.4) is 0 Å². The molecule has 30 nitrogen and oxygen atoms in total. The fraction of sp³-hybridized carbons (Fsp3) is 0.633. The SMILES string of the molecule is CC(=O)NCn1cc(C)nn1.CC(=O)NCn1cc(C)nn1.CCCC(=O)NCCCn1cc(CC)nn1.CCCC(=O)NCCCn1cc(CCC)nn1.CCc1cn(CNC(C)=O)nn1.CCc1cn(CNC(C)=O)nn1. The number of hydrogen-bond acceptors (Lipinski definition) is 18. The van der Waals surface area contributed by atoms with Crippen molar-refractivity contribution in [3.8, 4) is 0 Å². The number of nitrogens with zero attached hydrogens (tertiary/aromatic N) is 18. The van der Waals surface area contributed by atoms with E-state index >= 15 is 0 Å².